The van der Waals surface area contributed by atoms with E-state index in [0.29, 0.717) is 37.3 Å². The molecule has 0 aliphatic carbocycles. The molecule has 7 heteroatoms. The Labute approximate surface area is 172 Å². The van der Waals surface area contributed by atoms with E-state index in [1.54, 1.807) is 23.1 Å². The van der Waals surface area contributed by atoms with Gasteiger partial charge in [0.1, 0.15) is 11.3 Å². The van der Waals surface area contributed by atoms with Crippen LogP contribution in [0.1, 0.15) is 12.8 Å². The molecule has 30 heavy (non-hydrogen) atoms. The van der Waals surface area contributed by atoms with Gasteiger partial charge in [-0.3, -0.25) is 4.79 Å². The SMILES string of the molecule is O=C([O-])C1CCN(C(=O)COc2ccc3c(-c4ccccc4)cc(=O)oc3c2)CC1. The molecule has 0 spiro atoms. The lowest BCUT2D eigenvalue weighted by Gasteiger charge is -2.32. The van der Waals surface area contributed by atoms with Crippen molar-refractivity contribution in [1.82, 2.24) is 4.90 Å². The first-order chi connectivity index (χ1) is 14.5. The van der Waals surface area contributed by atoms with Crippen molar-refractivity contribution in [1.29, 1.82) is 0 Å². The summed E-state index contributed by atoms with van der Waals surface area (Å²) in [5.74, 6) is -1.37. The predicted octanol–water partition coefficient (Wildman–Crippen LogP) is 1.83. The van der Waals surface area contributed by atoms with Crippen molar-refractivity contribution >= 4 is 22.8 Å². The van der Waals surface area contributed by atoms with E-state index < -0.39 is 17.5 Å². The normalized spacial score (nSPS) is 14.6. The molecule has 1 fully saturated rings. The molecule has 0 atom stereocenters. The average Bonchev–Trinajstić information content (AvgIpc) is 2.77. The van der Waals surface area contributed by atoms with Crippen LogP contribution >= 0.6 is 0 Å². The summed E-state index contributed by atoms with van der Waals surface area (Å²) in [4.78, 5) is 36.9. The third-order valence-corrected chi connectivity index (χ3v) is 5.34. The summed E-state index contributed by atoms with van der Waals surface area (Å²) < 4.78 is 10.9. The second kappa shape index (κ2) is 8.41. The Hall–Kier alpha value is -3.61. The number of carboxylic acid groups (broad SMARTS) is 1. The van der Waals surface area contributed by atoms with E-state index in [1.807, 2.05) is 30.3 Å². The number of likely N-dealkylation sites (tertiary alicyclic amines) is 1. The molecule has 0 radical (unpaired) electrons. The van der Waals surface area contributed by atoms with E-state index in [4.69, 9.17) is 9.15 Å². The minimum absolute atomic E-state index is 0.176. The van der Waals surface area contributed by atoms with Crippen LogP contribution in [-0.4, -0.2) is 36.5 Å². The van der Waals surface area contributed by atoms with Gasteiger partial charge in [-0.05, 0) is 36.1 Å². The third kappa shape index (κ3) is 4.20. The standard InChI is InChI=1S/C23H21NO6/c25-21(24-10-8-16(9-11-24)23(27)28)14-29-17-6-7-18-19(15-4-2-1-3-5-15)13-22(26)30-20(18)12-17/h1-7,12-13,16H,8-11,14H2,(H,27,28)/p-1. The molecule has 0 N–H and O–H groups in total. The molecule has 1 aliphatic heterocycles. The summed E-state index contributed by atoms with van der Waals surface area (Å²) >= 11 is 0. The Morgan fingerprint density at radius 3 is 2.50 bits per heavy atom. The molecular formula is C23H20NO6-. The van der Waals surface area contributed by atoms with Crippen LogP contribution in [0.15, 0.2) is 63.8 Å². The fourth-order valence-corrected chi connectivity index (χ4v) is 3.69. The van der Waals surface area contributed by atoms with Gasteiger partial charge in [0.15, 0.2) is 6.61 Å². The number of nitrogens with zero attached hydrogens (tertiary/aromatic N) is 1. The molecule has 154 valence electrons. The van der Waals surface area contributed by atoms with Gasteiger partial charge >= 0.3 is 5.63 Å². The topological polar surface area (TPSA) is 99.9 Å². The Morgan fingerprint density at radius 1 is 1.07 bits per heavy atom. The Morgan fingerprint density at radius 2 is 1.80 bits per heavy atom. The first-order valence-electron chi connectivity index (χ1n) is 9.76. The predicted molar refractivity (Wildman–Crippen MR) is 108 cm³/mol. The van der Waals surface area contributed by atoms with Crippen molar-refractivity contribution in [2.45, 2.75) is 12.8 Å². The quantitative estimate of drug-likeness (QED) is 0.600. The lowest BCUT2D eigenvalue weighted by molar-refractivity contribution is -0.312. The maximum atomic E-state index is 12.4. The molecule has 0 bridgehead atoms. The van der Waals surface area contributed by atoms with Gasteiger partial charge in [0.05, 0.1) is 0 Å². The monoisotopic (exact) mass is 406 g/mol. The number of amides is 1. The number of ether oxygens (including phenoxy) is 1. The van der Waals surface area contributed by atoms with Crippen LogP contribution in [0.3, 0.4) is 0 Å². The number of piperidine rings is 1. The number of fused-ring (bicyclic) bond motifs is 1. The van der Waals surface area contributed by atoms with Crippen LogP contribution in [0.4, 0.5) is 0 Å². The number of rotatable bonds is 5. The molecule has 1 aromatic heterocycles. The van der Waals surface area contributed by atoms with Crippen molar-refractivity contribution in [2.75, 3.05) is 19.7 Å². The summed E-state index contributed by atoms with van der Waals surface area (Å²) in [5.41, 5.74) is 1.57. The van der Waals surface area contributed by atoms with Crippen LogP contribution in [-0.2, 0) is 9.59 Å². The van der Waals surface area contributed by atoms with E-state index in [-0.39, 0.29) is 12.5 Å². The largest absolute Gasteiger partial charge is 0.550 e. The zero-order valence-electron chi connectivity index (χ0n) is 16.2. The molecule has 1 aliphatic rings. The van der Waals surface area contributed by atoms with E-state index in [9.17, 15) is 19.5 Å². The average molecular weight is 406 g/mol. The van der Waals surface area contributed by atoms with Crippen molar-refractivity contribution in [2.24, 2.45) is 5.92 Å². The number of aliphatic carboxylic acids is 1. The third-order valence-electron chi connectivity index (χ3n) is 5.34. The van der Waals surface area contributed by atoms with Gasteiger partial charge in [-0.1, -0.05) is 30.3 Å². The van der Waals surface area contributed by atoms with E-state index in [2.05, 4.69) is 0 Å². The Balaban J connectivity index is 1.47. The van der Waals surface area contributed by atoms with Crippen molar-refractivity contribution in [3.05, 3.63) is 65.0 Å². The lowest BCUT2D eigenvalue weighted by Crippen LogP contribution is -2.45. The van der Waals surface area contributed by atoms with Gasteiger partial charge < -0.3 is 24.0 Å². The smallest absolute Gasteiger partial charge is 0.336 e. The van der Waals surface area contributed by atoms with Crippen LogP contribution in [0.2, 0.25) is 0 Å². The molecule has 0 unspecified atom stereocenters. The summed E-state index contributed by atoms with van der Waals surface area (Å²) in [6.07, 6.45) is 0.773. The molecule has 3 aromatic rings. The molecule has 0 saturated carbocycles. The summed E-state index contributed by atoms with van der Waals surface area (Å²) in [6.45, 7) is 0.561. The second-order valence-corrected chi connectivity index (χ2v) is 7.27. The Bertz CT molecular complexity index is 1130. The highest BCUT2D eigenvalue weighted by Crippen LogP contribution is 2.29. The van der Waals surface area contributed by atoms with Crippen LogP contribution in [0.25, 0.3) is 22.1 Å². The molecule has 4 rings (SSSR count). The van der Waals surface area contributed by atoms with Crippen LogP contribution in [0.5, 0.6) is 5.75 Å². The van der Waals surface area contributed by atoms with Gasteiger partial charge in [0.2, 0.25) is 0 Å². The van der Waals surface area contributed by atoms with Crippen LogP contribution in [0, 0.1) is 5.92 Å². The summed E-state index contributed by atoms with van der Waals surface area (Å²) in [7, 11) is 0. The zero-order valence-corrected chi connectivity index (χ0v) is 16.2. The number of hydrogen-bond donors (Lipinski definition) is 0. The fourth-order valence-electron chi connectivity index (χ4n) is 3.69. The van der Waals surface area contributed by atoms with Gasteiger partial charge in [0.25, 0.3) is 5.91 Å². The van der Waals surface area contributed by atoms with E-state index in [1.165, 1.54) is 6.07 Å². The maximum Gasteiger partial charge on any atom is 0.336 e. The highest BCUT2D eigenvalue weighted by Gasteiger charge is 2.23. The first kappa shape index (κ1) is 19.7. The van der Waals surface area contributed by atoms with Gasteiger partial charge in [-0.15, -0.1) is 0 Å². The number of carbonyl (C=O) groups excluding carboxylic acids is 2. The van der Waals surface area contributed by atoms with Crippen molar-refractivity contribution in [3.63, 3.8) is 0 Å². The first-order valence-corrected chi connectivity index (χ1v) is 9.76. The molecule has 7 nitrogen and oxygen atoms in total. The maximum absolute atomic E-state index is 12.4. The number of hydrogen-bond acceptors (Lipinski definition) is 6. The molecule has 2 aromatic carbocycles. The molecule has 2 heterocycles. The van der Waals surface area contributed by atoms with Crippen molar-refractivity contribution in [3.8, 4) is 16.9 Å². The lowest BCUT2D eigenvalue weighted by atomic mass is 9.97. The highest BCUT2D eigenvalue weighted by molar-refractivity contribution is 5.93. The van der Waals surface area contributed by atoms with Gasteiger partial charge in [0, 0.05) is 42.5 Å². The number of carbonyl (C=O) groups is 2. The summed E-state index contributed by atoms with van der Waals surface area (Å²) in [6, 6.07) is 16.1. The Kier molecular flexibility index (Phi) is 5.52. The van der Waals surface area contributed by atoms with Gasteiger partial charge in [-0.2, -0.15) is 0 Å². The van der Waals surface area contributed by atoms with Gasteiger partial charge in [-0.25, -0.2) is 4.79 Å². The second-order valence-electron chi connectivity index (χ2n) is 7.27. The highest BCUT2D eigenvalue weighted by atomic mass is 16.5. The van der Waals surface area contributed by atoms with E-state index >= 15 is 0 Å². The minimum Gasteiger partial charge on any atom is -0.550 e. The number of benzene rings is 2. The zero-order chi connectivity index (χ0) is 21.1. The van der Waals surface area contributed by atoms with E-state index in [0.717, 1.165) is 16.5 Å². The molecular weight excluding hydrogens is 386 g/mol. The van der Waals surface area contributed by atoms with Crippen LogP contribution < -0.4 is 15.5 Å². The summed E-state index contributed by atoms with van der Waals surface area (Å²) in [5, 5.41) is 11.7. The molecule has 1 amide bonds. The number of carboxylic acids is 1. The minimum atomic E-state index is -1.06. The van der Waals surface area contributed by atoms with Crippen molar-refractivity contribution < 1.29 is 23.8 Å². The molecule has 1 saturated heterocycles. The fraction of sp³-hybridized carbons (Fsp3) is 0.261.